The van der Waals surface area contributed by atoms with Crippen molar-refractivity contribution < 1.29 is 19.1 Å². The first kappa shape index (κ1) is 82.2. The van der Waals surface area contributed by atoms with Crippen LogP contribution in [0.2, 0.25) is 10.8 Å². The van der Waals surface area contributed by atoms with Crippen molar-refractivity contribution in [3.05, 3.63) is 88.0 Å². The standard InChI is InChI=1S/C68H108N2.2C9H19.Ni/c1-4-7-10-13-15-17-19-21-23-25-27-29-31-33-35-37-39-41-43-45-48-54-62-56-50-52-59-65(62)67-61-64(58-47-12-9-6-3)68(70(67)69)66-60-53-51-57-63(66)55-49-46-44-42-40-38-36-34-32-30-28-26-24-22-20-18-16-14-11-8-5-2;2*1-3-5-7-9-8-6-4-2;/h50-53,56-57,59-61H,4-42,47-49,54-55,58H2,1-3H3;2*1,3-9H2,2H3;. The van der Waals surface area contributed by atoms with Crippen molar-refractivity contribution in [3.63, 3.8) is 0 Å². The fourth-order valence-electron chi connectivity index (χ4n) is 12.9. The molecule has 0 aromatic heterocycles. The molecule has 1 aliphatic heterocycles. The van der Waals surface area contributed by atoms with Crippen LogP contribution >= 0.6 is 0 Å². The van der Waals surface area contributed by atoms with Gasteiger partial charge in [-0.15, -0.1) is 23.7 Å². The summed E-state index contributed by atoms with van der Waals surface area (Å²) in [5.74, 6) is 14.0. The molecule has 2 aromatic rings. The number of nitrogens with zero attached hydrogens (tertiary/aromatic N) is 2. The normalized spacial score (nSPS) is 12.1. The quantitative estimate of drug-likeness (QED) is 0.0273. The molecule has 0 bridgehead atoms. The van der Waals surface area contributed by atoms with Crippen LogP contribution in [-0.2, 0) is 27.3 Å². The minimum atomic E-state index is 0.849. The summed E-state index contributed by atoms with van der Waals surface area (Å²) in [6, 6.07) is 17.4. The van der Waals surface area contributed by atoms with Gasteiger partial charge in [-0.05, 0) is 61.8 Å². The Morgan fingerprint density at radius 2 is 0.562 bits per heavy atom. The predicted octanol–water partition coefficient (Wildman–Crippen LogP) is 29.8. The summed E-state index contributed by atoms with van der Waals surface area (Å²) in [6.45, 7) is 11.5. The molecular formula is C86H146N2Ni. The monoisotopic (exact) mass is 1270 g/mol. The van der Waals surface area contributed by atoms with Crippen molar-refractivity contribution in [1.29, 1.82) is 0 Å². The first-order valence-corrected chi connectivity index (χ1v) is 41.0. The third kappa shape index (κ3) is 47.6. The molecule has 2 nitrogen and oxygen atoms in total. The molecule has 0 fully saturated rings. The van der Waals surface area contributed by atoms with E-state index in [-0.39, 0.29) is 0 Å². The van der Waals surface area contributed by atoms with E-state index in [1.807, 2.05) is 14.4 Å². The second-order valence-corrected chi connectivity index (χ2v) is 28.6. The predicted molar refractivity (Wildman–Crippen MR) is 396 cm³/mol. The van der Waals surface area contributed by atoms with E-state index in [4.69, 9.17) is 0 Å². The zero-order chi connectivity index (χ0) is 63.7. The van der Waals surface area contributed by atoms with Crippen LogP contribution in [0.1, 0.15) is 423 Å². The van der Waals surface area contributed by atoms with Gasteiger partial charge in [-0.3, -0.25) is 0 Å². The van der Waals surface area contributed by atoms with Crippen LogP contribution < -0.4 is 0 Å². The number of hydrogen-bond acceptors (Lipinski definition) is 0. The second kappa shape index (κ2) is 65.2. The average Bonchev–Trinajstić information content (AvgIpc) is 1.69. The molecule has 1 heterocycles. The van der Waals surface area contributed by atoms with E-state index in [0.717, 1.165) is 73.9 Å². The van der Waals surface area contributed by atoms with Crippen LogP contribution in [0.3, 0.4) is 0 Å². The summed E-state index contributed by atoms with van der Waals surface area (Å²) in [7, 11) is 0. The summed E-state index contributed by atoms with van der Waals surface area (Å²) in [5.41, 5.74) is 20.0. The van der Waals surface area contributed by atoms with Gasteiger partial charge in [-0.2, -0.15) is 0 Å². The fourth-order valence-corrected chi connectivity index (χ4v) is 14.1. The van der Waals surface area contributed by atoms with Crippen LogP contribution in [-0.4, -0.2) is 4.70 Å². The van der Waals surface area contributed by atoms with Crippen molar-refractivity contribution in [2.75, 3.05) is 0 Å². The molecule has 3 rings (SSSR count). The Morgan fingerprint density at radius 1 is 0.292 bits per heavy atom. The van der Waals surface area contributed by atoms with E-state index < -0.39 is 0 Å². The summed E-state index contributed by atoms with van der Waals surface area (Å²) in [6.07, 6.45) is 81.6. The van der Waals surface area contributed by atoms with Crippen molar-refractivity contribution in [3.8, 4) is 23.7 Å². The first-order chi connectivity index (χ1) is 44.1. The van der Waals surface area contributed by atoms with E-state index in [1.54, 1.807) is 0 Å². The Hall–Kier alpha value is -2.87. The van der Waals surface area contributed by atoms with E-state index in [0.29, 0.717) is 0 Å². The Bertz CT molecular complexity index is 2070. The minimum absolute atomic E-state index is 0.849. The Morgan fingerprint density at radius 3 is 0.910 bits per heavy atom. The molecule has 510 valence electrons. The molecule has 0 N–H and O–H groups in total. The zero-order valence-corrected chi connectivity index (χ0v) is 61.0. The summed E-state index contributed by atoms with van der Waals surface area (Å²) >= 11 is 2.01. The summed E-state index contributed by atoms with van der Waals surface area (Å²) in [4.78, 5) is 0. The van der Waals surface area contributed by atoms with Gasteiger partial charge < -0.3 is 5.53 Å². The van der Waals surface area contributed by atoms with Crippen LogP contribution in [0.25, 0.3) is 16.9 Å². The summed E-state index contributed by atoms with van der Waals surface area (Å²) in [5, 5.41) is 2.85. The summed E-state index contributed by atoms with van der Waals surface area (Å²) < 4.78 is 1.51. The average molecular weight is 1270 g/mol. The molecule has 89 heavy (non-hydrogen) atoms. The van der Waals surface area contributed by atoms with Gasteiger partial charge in [0.05, 0.1) is 0 Å². The van der Waals surface area contributed by atoms with Crippen LogP contribution in [0.15, 0.2) is 60.2 Å². The molecule has 0 amide bonds. The van der Waals surface area contributed by atoms with E-state index in [2.05, 4.69) is 113 Å². The third-order valence-corrected chi connectivity index (χ3v) is 20.1. The van der Waals surface area contributed by atoms with Crippen molar-refractivity contribution in [1.82, 2.24) is 0 Å². The van der Waals surface area contributed by atoms with Gasteiger partial charge in [-0.25, -0.2) is 4.70 Å². The van der Waals surface area contributed by atoms with Crippen LogP contribution in [0.4, 0.5) is 0 Å². The molecular weight excluding hydrogens is 1120 g/mol. The molecule has 0 aliphatic carbocycles. The number of allylic oxidation sites excluding steroid dienone is 2. The molecule has 0 unspecified atom stereocenters. The van der Waals surface area contributed by atoms with Gasteiger partial charge >= 0.3 is 129 Å². The van der Waals surface area contributed by atoms with Crippen LogP contribution in [0.5, 0.6) is 0 Å². The SMILES string of the molecule is CCCCCCCCCCCCCCCCCCCC#CCCc1ccccc1C1=CC(CCCCCC)=C(c2ccccc2CCC#CCCCCCCCCCCCCCCCCCCC)[N+]1=[N-].CCCCCCCC[CH2][Ni][CH2]CCCCCCCC. The molecule has 2 aromatic carbocycles. The number of hydrogen-bond donors (Lipinski definition) is 0. The molecule has 0 spiro atoms. The molecule has 0 radical (unpaired) electrons. The van der Waals surface area contributed by atoms with Gasteiger partial charge in [-0.1, -0.05) is 282 Å². The zero-order valence-electron chi connectivity index (χ0n) is 60.0. The molecule has 1 aliphatic rings. The number of rotatable bonds is 61. The number of aryl methyl sites for hydroxylation is 2. The second-order valence-electron chi connectivity index (χ2n) is 27.1. The van der Waals surface area contributed by atoms with Crippen LogP contribution in [0, 0.1) is 23.7 Å². The van der Waals surface area contributed by atoms with E-state index >= 15 is 0 Å². The van der Waals surface area contributed by atoms with E-state index in [9.17, 15) is 5.53 Å². The maximum absolute atomic E-state index is 12.1. The molecule has 0 atom stereocenters. The number of benzene rings is 2. The molecule has 0 saturated carbocycles. The fraction of sp³-hybridized carbons (Fsp3) is 0.767. The number of unbranched alkanes of at least 4 members (excludes halogenated alkanes) is 49. The van der Waals surface area contributed by atoms with Gasteiger partial charge in [0.25, 0.3) is 0 Å². The third-order valence-electron chi connectivity index (χ3n) is 18.7. The Balaban J connectivity index is 0.00000121. The Labute approximate surface area is 562 Å². The first-order valence-electron chi connectivity index (χ1n) is 39.6. The van der Waals surface area contributed by atoms with Crippen molar-refractivity contribution in [2.45, 2.75) is 424 Å². The van der Waals surface area contributed by atoms with E-state index in [1.165, 1.54) is 360 Å². The molecule has 3 heteroatoms. The van der Waals surface area contributed by atoms with Gasteiger partial charge in [0, 0.05) is 48.5 Å². The topological polar surface area (TPSA) is 25.3 Å². The maximum atomic E-state index is 12.1. The Kier molecular flexibility index (Phi) is 60.2. The van der Waals surface area contributed by atoms with Crippen molar-refractivity contribution in [2.24, 2.45) is 0 Å². The molecule has 0 saturated heterocycles. The van der Waals surface area contributed by atoms with Gasteiger partial charge in [0.15, 0.2) is 0 Å². The van der Waals surface area contributed by atoms with Gasteiger partial charge in [0.1, 0.15) is 0 Å². The van der Waals surface area contributed by atoms with Crippen molar-refractivity contribution >= 4 is 11.4 Å². The van der Waals surface area contributed by atoms with Gasteiger partial charge in [0.2, 0.25) is 11.4 Å².